The van der Waals surface area contributed by atoms with Gasteiger partial charge in [-0.15, -0.1) is 0 Å². The fourth-order valence-corrected chi connectivity index (χ4v) is 2.35. The van der Waals surface area contributed by atoms with Gasteiger partial charge in [0.15, 0.2) is 0 Å². The Bertz CT molecular complexity index is 815. The number of furan rings is 1. The van der Waals surface area contributed by atoms with E-state index in [2.05, 4.69) is 44.4 Å². The fraction of sp³-hybridized carbons (Fsp3) is 0.111. The number of benzene rings is 1. The monoisotopic (exact) mass is 248 g/mol. The van der Waals surface area contributed by atoms with E-state index >= 15 is 0 Å². The van der Waals surface area contributed by atoms with Gasteiger partial charge in [-0.1, -0.05) is 56.5 Å². The molecule has 94 valence electrons. The summed E-state index contributed by atoms with van der Waals surface area (Å²) in [6.45, 7) is 10.3. The van der Waals surface area contributed by atoms with Gasteiger partial charge in [0.2, 0.25) is 0 Å². The lowest BCUT2D eigenvalue weighted by Crippen LogP contribution is -2.19. The molecule has 0 saturated heterocycles. The molecule has 19 heavy (non-hydrogen) atoms. The minimum Gasteiger partial charge on any atom is -0.456 e. The van der Waals surface area contributed by atoms with Crippen LogP contribution in [0.15, 0.2) is 53.0 Å². The Balaban J connectivity index is 2.44. The third-order valence-electron chi connectivity index (χ3n) is 3.38. The van der Waals surface area contributed by atoms with E-state index in [1.165, 1.54) is 0 Å². The van der Waals surface area contributed by atoms with Gasteiger partial charge in [-0.3, -0.25) is 0 Å². The van der Waals surface area contributed by atoms with E-state index in [0.717, 1.165) is 32.7 Å². The highest BCUT2D eigenvalue weighted by Crippen LogP contribution is 2.17. The lowest BCUT2D eigenvalue weighted by Gasteiger charge is -1.98. The summed E-state index contributed by atoms with van der Waals surface area (Å²) in [5.74, 6) is 0.285. The molecule has 0 saturated carbocycles. The normalized spacial score (nSPS) is 22.1. The fourth-order valence-electron chi connectivity index (χ4n) is 2.35. The highest BCUT2D eigenvalue weighted by molar-refractivity contribution is 5.88. The van der Waals surface area contributed by atoms with Crippen LogP contribution >= 0.6 is 0 Å². The number of hydrogen-bond donors (Lipinski definition) is 0. The second kappa shape index (κ2) is 4.43. The van der Waals surface area contributed by atoms with Crippen LogP contribution in [0, 0.1) is 5.92 Å². The van der Waals surface area contributed by atoms with Crippen molar-refractivity contribution in [3.05, 3.63) is 64.8 Å². The summed E-state index contributed by atoms with van der Waals surface area (Å²) in [6.07, 6.45) is 10.3. The molecule has 1 aromatic heterocycles. The molecule has 1 aromatic carbocycles. The molecule has 1 nitrogen and oxygen atoms in total. The smallest absolute Gasteiger partial charge is 0.135 e. The zero-order valence-electron chi connectivity index (χ0n) is 11.0. The van der Waals surface area contributed by atoms with E-state index < -0.39 is 0 Å². The molecule has 3 rings (SSSR count). The average molecular weight is 248 g/mol. The Morgan fingerprint density at radius 3 is 2.79 bits per heavy atom. The minimum atomic E-state index is 0.285. The topological polar surface area (TPSA) is 13.1 Å². The van der Waals surface area contributed by atoms with E-state index in [4.69, 9.17) is 4.42 Å². The molecule has 2 aromatic rings. The molecule has 2 bridgehead atoms. The predicted octanol–water partition coefficient (Wildman–Crippen LogP) is 3.40. The zero-order valence-corrected chi connectivity index (χ0v) is 11.0. The Morgan fingerprint density at radius 1 is 1.11 bits per heavy atom. The van der Waals surface area contributed by atoms with Crippen LogP contribution in [0.1, 0.15) is 12.5 Å². The van der Waals surface area contributed by atoms with Gasteiger partial charge < -0.3 is 4.42 Å². The summed E-state index contributed by atoms with van der Waals surface area (Å²) in [5.41, 5.74) is 3.86. The number of rotatable bonds is 0. The lowest BCUT2D eigenvalue weighted by molar-refractivity contribution is 0.571. The zero-order chi connectivity index (χ0) is 13.4. The van der Waals surface area contributed by atoms with Crippen LogP contribution in [0.3, 0.4) is 0 Å². The van der Waals surface area contributed by atoms with Gasteiger partial charge in [0.25, 0.3) is 0 Å². The van der Waals surface area contributed by atoms with Crippen molar-refractivity contribution in [3.63, 3.8) is 0 Å². The van der Waals surface area contributed by atoms with Gasteiger partial charge in [-0.2, -0.15) is 0 Å². The molecule has 1 atom stereocenters. The lowest BCUT2D eigenvalue weighted by atomic mass is 10.1. The van der Waals surface area contributed by atoms with Crippen molar-refractivity contribution in [3.8, 4) is 0 Å². The third-order valence-corrected chi connectivity index (χ3v) is 3.38. The molecule has 1 heterocycles. The van der Waals surface area contributed by atoms with Gasteiger partial charge in [0.05, 0.1) is 0 Å². The SMILES string of the molecule is C=C1C=CC(C)/C=c2/oc3cccc(c3c2=C)/C=C\1. The van der Waals surface area contributed by atoms with Crippen molar-refractivity contribution < 1.29 is 4.42 Å². The van der Waals surface area contributed by atoms with Crippen molar-refractivity contribution in [2.45, 2.75) is 6.92 Å². The first-order valence-electron chi connectivity index (χ1n) is 6.42. The number of hydrogen-bond acceptors (Lipinski definition) is 1. The summed E-state index contributed by atoms with van der Waals surface area (Å²) in [7, 11) is 0. The molecule has 0 N–H and O–H groups in total. The van der Waals surface area contributed by atoms with Crippen molar-refractivity contribution >= 4 is 29.7 Å². The molecule has 0 fully saturated rings. The van der Waals surface area contributed by atoms with Gasteiger partial charge in [-0.05, 0) is 29.2 Å². The highest BCUT2D eigenvalue weighted by Gasteiger charge is 2.06. The molecule has 1 aliphatic rings. The summed E-state index contributed by atoms with van der Waals surface area (Å²) < 4.78 is 5.90. The first-order valence-corrected chi connectivity index (χ1v) is 6.42. The average Bonchev–Trinajstić information content (AvgIpc) is 2.70. The third kappa shape index (κ3) is 2.08. The van der Waals surface area contributed by atoms with E-state index in [0.29, 0.717) is 0 Å². The summed E-state index contributed by atoms with van der Waals surface area (Å²) >= 11 is 0. The Kier molecular flexibility index (Phi) is 2.75. The molecule has 0 aliphatic heterocycles. The number of fused-ring (bicyclic) bond motifs is 1. The van der Waals surface area contributed by atoms with Gasteiger partial charge >= 0.3 is 0 Å². The first-order chi connectivity index (χ1) is 9.15. The van der Waals surface area contributed by atoms with Gasteiger partial charge in [-0.25, -0.2) is 0 Å². The van der Waals surface area contributed by atoms with Gasteiger partial charge in [0, 0.05) is 10.6 Å². The largest absolute Gasteiger partial charge is 0.456 e. The van der Waals surface area contributed by atoms with E-state index in [1.54, 1.807) is 0 Å². The number of allylic oxidation sites excluding steroid dienone is 4. The standard InChI is InChI=1S/C18H16O/c1-12-7-8-13(2)11-17-14(3)18-15(10-9-12)5-4-6-16(18)19-17/h4-11,13H,1,3H2,2H3/b8-7?,10-9-,17-11+. The maximum atomic E-state index is 5.90. The highest BCUT2D eigenvalue weighted by atomic mass is 16.3. The molecule has 0 spiro atoms. The predicted molar refractivity (Wildman–Crippen MR) is 81.9 cm³/mol. The van der Waals surface area contributed by atoms with E-state index in [9.17, 15) is 0 Å². The molecule has 1 aliphatic carbocycles. The van der Waals surface area contributed by atoms with Crippen molar-refractivity contribution in [1.82, 2.24) is 0 Å². The second-order valence-corrected chi connectivity index (χ2v) is 4.96. The van der Waals surface area contributed by atoms with Crippen LogP contribution in [0.5, 0.6) is 0 Å². The Labute approximate surface area is 112 Å². The van der Waals surface area contributed by atoms with Crippen LogP contribution in [0.4, 0.5) is 0 Å². The quantitative estimate of drug-likeness (QED) is 0.696. The van der Waals surface area contributed by atoms with Crippen LogP contribution < -0.4 is 10.6 Å². The van der Waals surface area contributed by atoms with Crippen molar-refractivity contribution in [2.24, 2.45) is 5.92 Å². The van der Waals surface area contributed by atoms with E-state index in [1.807, 2.05) is 24.3 Å². The minimum absolute atomic E-state index is 0.285. The first kappa shape index (κ1) is 11.8. The van der Waals surface area contributed by atoms with Crippen LogP contribution in [-0.2, 0) is 0 Å². The van der Waals surface area contributed by atoms with Gasteiger partial charge in [0.1, 0.15) is 11.0 Å². The Hall–Kier alpha value is -2.28. The molecule has 1 heteroatoms. The molecule has 0 amide bonds. The molecule has 1 unspecified atom stereocenters. The van der Waals surface area contributed by atoms with Crippen molar-refractivity contribution in [2.75, 3.05) is 0 Å². The summed E-state index contributed by atoms with van der Waals surface area (Å²) in [5, 5.41) is 2.05. The summed E-state index contributed by atoms with van der Waals surface area (Å²) in [4.78, 5) is 0. The Morgan fingerprint density at radius 2 is 1.95 bits per heavy atom. The van der Waals surface area contributed by atoms with Crippen LogP contribution in [0.25, 0.3) is 29.7 Å². The summed E-state index contributed by atoms with van der Waals surface area (Å²) in [6, 6.07) is 6.06. The van der Waals surface area contributed by atoms with Crippen LogP contribution in [0.2, 0.25) is 0 Å². The molecular formula is C18H16O. The second-order valence-electron chi connectivity index (χ2n) is 4.96. The maximum absolute atomic E-state index is 5.90. The van der Waals surface area contributed by atoms with E-state index in [-0.39, 0.29) is 5.92 Å². The molecular weight excluding hydrogens is 232 g/mol. The van der Waals surface area contributed by atoms with Crippen molar-refractivity contribution in [1.29, 1.82) is 0 Å². The maximum Gasteiger partial charge on any atom is 0.135 e. The van der Waals surface area contributed by atoms with Crippen LogP contribution in [-0.4, -0.2) is 0 Å². The molecule has 0 radical (unpaired) electrons.